The van der Waals surface area contributed by atoms with Crippen molar-refractivity contribution in [3.8, 4) is 0 Å². The molecule has 0 spiro atoms. The van der Waals surface area contributed by atoms with Gasteiger partial charge in [0.2, 0.25) is 0 Å². The van der Waals surface area contributed by atoms with E-state index in [9.17, 15) is 9.90 Å². The molecular formula is C20H21Cl2NO2. The zero-order chi connectivity index (χ0) is 18.0. The highest BCUT2D eigenvalue weighted by molar-refractivity contribution is 6.35. The van der Waals surface area contributed by atoms with Crippen LogP contribution in [0, 0.1) is 12.8 Å². The molecule has 0 aromatic heterocycles. The third kappa shape index (κ3) is 4.00. The Morgan fingerprint density at radius 3 is 2.40 bits per heavy atom. The number of aryl methyl sites for hydroxylation is 1. The summed E-state index contributed by atoms with van der Waals surface area (Å²) in [4.78, 5) is 13.6. The Morgan fingerprint density at radius 2 is 1.80 bits per heavy atom. The van der Waals surface area contributed by atoms with Crippen molar-refractivity contribution in [1.82, 2.24) is 4.90 Å². The second-order valence-corrected chi connectivity index (χ2v) is 7.42. The van der Waals surface area contributed by atoms with E-state index in [1.807, 2.05) is 24.3 Å². The molecule has 3 nitrogen and oxygen atoms in total. The van der Waals surface area contributed by atoms with Gasteiger partial charge in [-0.05, 0) is 61.7 Å². The average molecular weight is 378 g/mol. The maximum atomic E-state index is 11.3. The molecule has 132 valence electrons. The molecule has 0 saturated carbocycles. The van der Waals surface area contributed by atoms with Gasteiger partial charge in [-0.1, -0.05) is 53.5 Å². The SMILES string of the molecule is Cc1ccccc1C(c1ccc(Cl)cc1Cl)N1CCC(C(=O)O)CC1. The molecule has 1 saturated heterocycles. The summed E-state index contributed by atoms with van der Waals surface area (Å²) in [7, 11) is 0. The van der Waals surface area contributed by atoms with Gasteiger partial charge in [-0.3, -0.25) is 9.69 Å². The highest BCUT2D eigenvalue weighted by atomic mass is 35.5. The van der Waals surface area contributed by atoms with Crippen LogP contribution >= 0.6 is 23.2 Å². The van der Waals surface area contributed by atoms with Crippen molar-refractivity contribution < 1.29 is 9.90 Å². The Kier molecular flexibility index (Phi) is 5.67. The fourth-order valence-corrected chi connectivity index (χ4v) is 4.09. The number of aliphatic carboxylic acids is 1. The fraction of sp³-hybridized carbons (Fsp3) is 0.350. The summed E-state index contributed by atoms with van der Waals surface area (Å²) in [6, 6.07) is 13.9. The lowest BCUT2D eigenvalue weighted by Gasteiger charge is -2.38. The van der Waals surface area contributed by atoms with Crippen molar-refractivity contribution in [2.24, 2.45) is 5.92 Å². The van der Waals surface area contributed by atoms with Crippen molar-refractivity contribution in [1.29, 1.82) is 0 Å². The minimum atomic E-state index is -0.698. The first-order chi connectivity index (χ1) is 12.0. The average Bonchev–Trinajstić information content (AvgIpc) is 2.59. The monoisotopic (exact) mass is 377 g/mol. The predicted octanol–water partition coefficient (Wildman–Crippen LogP) is 5.19. The van der Waals surface area contributed by atoms with Gasteiger partial charge in [-0.2, -0.15) is 0 Å². The molecule has 1 aliphatic rings. The molecule has 3 rings (SSSR count). The molecule has 5 heteroatoms. The zero-order valence-electron chi connectivity index (χ0n) is 14.1. The first-order valence-corrected chi connectivity index (χ1v) is 9.20. The summed E-state index contributed by atoms with van der Waals surface area (Å²) in [6.45, 7) is 3.56. The van der Waals surface area contributed by atoms with E-state index in [0.29, 0.717) is 22.9 Å². The van der Waals surface area contributed by atoms with E-state index in [2.05, 4.69) is 24.0 Å². The quantitative estimate of drug-likeness (QED) is 0.796. The normalized spacial score (nSPS) is 17.4. The van der Waals surface area contributed by atoms with Crippen molar-refractivity contribution in [3.63, 3.8) is 0 Å². The molecule has 1 aliphatic heterocycles. The Labute approximate surface area is 158 Å². The van der Waals surface area contributed by atoms with Crippen LogP contribution < -0.4 is 0 Å². The van der Waals surface area contributed by atoms with Crippen LogP contribution in [0.25, 0.3) is 0 Å². The predicted molar refractivity (Wildman–Crippen MR) is 101 cm³/mol. The lowest BCUT2D eigenvalue weighted by Crippen LogP contribution is -2.39. The molecule has 1 heterocycles. The highest BCUT2D eigenvalue weighted by Crippen LogP contribution is 2.38. The van der Waals surface area contributed by atoms with Crippen molar-refractivity contribution >= 4 is 29.2 Å². The first kappa shape index (κ1) is 18.2. The summed E-state index contributed by atoms with van der Waals surface area (Å²) < 4.78 is 0. The van der Waals surface area contributed by atoms with Crippen LogP contribution in [0.5, 0.6) is 0 Å². The number of hydrogen-bond acceptors (Lipinski definition) is 2. The molecule has 0 bridgehead atoms. The lowest BCUT2D eigenvalue weighted by molar-refractivity contribution is -0.143. The fourth-order valence-electron chi connectivity index (χ4n) is 3.58. The number of carbonyl (C=O) groups is 1. The Hall–Kier alpha value is -1.55. The molecule has 25 heavy (non-hydrogen) atoms. The van der Waals surface area contributed by atoms with Crippen LogP contribution in [0.2, 0.25) is 10.0 Å². The molecule has 1 unspecified atom stereocenters. The van der Waals surface area contributed by atoms with Gasteiger partial charge in [0, 0.05) is 10.0 Å². The molecule has 2 aromatic carbocycles. The minimum Gasteiger partial charge on any atom is -0.481 e. The van der Waals surface area contributed by atoms with Gasteiger partial charge in [0.25, 0.3) is 0 Å². The Morgan fingerprint density at radius 1 is 1.12 bits per heavy atom. The Bertz CT molecular complexity index is 770. The molecule has 0 radical (unpaired) electrons. The number of carboxylic acids is 1. The molecule has 1 fully saturated rings. The van der Waals surface area contributed by atoms with Crippen LogP contribution in [0.4, 0.5) is 0 Å². The number of carboxylic acid groups (broad SMARTS) is 1. The third-order valence-electron chi connectivity index (χ3n) is 4.98. The van der Waals surface area contributed by atoms with E-state index in [-0.39, 0.29) is 12.0 Å². The maximum Gasteiger partial charge on any atom is 0.306 e. The van der Waals surface area contributed by atoms with Gasteiger partial charge >= 0.3 is 5.97 Å². The number of piperidine rings is 1. The first-order valence-electron chi connectivity index (χ1n) is 8.44. The smallest absolute Gasteiger partial charge is 0.306 e. The van der Waals surface area contributed by atoms with Gasteiger partial charge in [0.1, 0.15) is 0 Å². The topological polar surface area (TPSA) is 40.5 Å². The van der Waals surface area contributed by atoms with Gasteiger partial charge in [0.05, 0.1) is 12.0 Å². The van der Waals surface area contributed by atoms with E-state index in [0.717, 1.165) is 18.7 Å². The molecule has 1 atom stereocenters. The molecular weight excluding hydrogens is 357 g/mol. The van der Waals surface area contributed by atoms with Crippen LogP contribution in [0.15, 0.2) is 42.5 Å². The van der Waals surface area contributed by atoms with Gasteiger partial charge in [0.15, 0.2) is 0 Å². The van der Waals surface area contributed by atoms with Crippen molar-refractivity contribution in [3.05, 3.63) is 69.2 Å². The van der Waals surface area contributed by atoms with Gasteiger partial charge in [-0.25, -0.2) is 0 Å². The number of likely N-dealkylation sites (tertiary alicyclic amines) is 1. The Balaban J connectivity index is 1.99. The standard InChI is InChI=1S/C20H21Cl2NO2/c1-13-4-2-3-5-16(13)19(17-7-6-15(21)12-18(17)22)23-10-8-14(9-11-23)20(24)25/h2-7,12,14,19H,8-11H2,1H3,(H,24,25). The lowest BCUT2D eigenvalue weighted by atomic mass is 9.89. The summed E-state index contributed by atoms with van der Waals surface area (Å²) in [6.07, 6.45) is 1.31. The van der Waals surface area contributed by atoms with Gasteiger partial charge < -0.3 is 5.11 Å². The van der Waals surface area contributed by atoms with E-state index in [1.54, 1.807) is 6.07 Å². The number of halogens is 2. The second-order valence-electron chi connectivity index (χ2n) is 6.57. The highest BCUT2D eigenvalue weighted by Gasteiger charge is 2.31. The molecule has 0 aliphatic carbocycles. The van der Waals surface area contributed by atoms with Gasteiger partial charge in [-0.15, -0.1) is 0 Å². The molecule has 1 N–H and O–H groups in total. The van der Waals surface area contributed by atoms with E-state index in [4.69, 9.17) is 23.2 Å². The largest absolute Gasteiger partial charge is 0.481 e. The summed E-state index contributed by atoms with van der Waals surface area (Å²) in [5, 5.41) is 10.5. The third-order valence-corrected chi connectivity index (χ3v) is 5.55. The number of nitrogens with zero attached hydrogens (tertiary/aromatic N) is 1. The van der Waals surface area contributed by atoms with E-state index in [1.165, 1.54) is 11.1 Å². The number of hydrogen-bond donors (Lipinski definition) is 1. The maximum absolute atomic E-state index is 11.3. The summed E-state index contributed by atoms with van der Waals surface area (Å²) >= 11 is 12.6. The van der Waals surface area contributed by atoms with E-state index < -0.39 is 5.97 Å². The molecule has 2 aromatic rings. The number of benzene rings is 2. The molecule has 0 amide bonds. The van der Waals surface area contributed by atoms with Crippen molar-refractivity contribution in [2.75, 3.05) is 13.1 Å². The van der Waals surface area contributed by atoms with Crippen LogP contribution in [0.3, 0.4) is 0 Å². The summed E-state index contributed by atoms with van der Waals surface area (Å²) in [5.74, 6) is -0.953. The van der Waals surface area contributed by atoms with Crippen LogP contribution in [-0.4, -0.2) is 29.1 Å². The van der Waals surface area contributed by atoms with E-state index >= 15 is 0 Å². The van der Waals surface area contributed by atoms with Crippen LogP contribution in [-0.2, 0) is 4.79 Å². The number of rotatable bonds is 4. The zero-order valence-corrected chi connectivity index (χ0v) is 15.6. The minimum absolute atomic E-state index is 0.000659. The second kappa shape index (κ2) is 7.77. The summed E-state index contributed by atoms with van der Waals surface area (Å²) in [5.41, 5.74) is 3.40. The van der Waals surface area contributed by atoms with Crippen molar-refractivity contribution in [2.45, 2.75) is 25.8 Å². The van der Waals surface area contributed by atoms with Crippen LogP contribution in [0.1, 0.15) is 35.6 Å².